The van der Waals surface area contributed by atoms with Crippen molar-refractivity contribution in [3.63, 3.8) is 0 Å². The van der Waals surface area contributed by atoms with Crippen molar-refractivity contribution in [1.82, 2.24) is 10.4 Å². The molecule has 18 heavy (non-hydrogen) atoms. The zero-order valence-corrected chi connectivity index (χ0v) is 9.41. The number of hydrazine groups is 1. The van der Waals surface area contributed by atoms with Crippen molar-refractivity contribution in [3.05, 3.63) is 0 Å². The summed E-state index contributed by atoms with van der Waals surface area (Å²) >= 11 is 0. The molecule has 0 spiro atoms. The number of hydrazone groups is 1. The minimum absolute atomic E-state index is 0.426. The van der Waals surface area contributed by atoms with Gasteiger partial charge in [-0.3, -0.25) is 20.0 Å². The second-order valence-corrected chi connectivity index (χ2v) is 3.95. The lowest BCUT2D eigenvalue weighted by Gasteiger charge is -2.26. The van der Waals surface area contributed by atoms with Crippen molar-refractivity contribution in [2.24, 2.45) is 22.1 Å². The van der Waals surface area contributed by atoms with Crippen molar-refractivity contribution in [3.8, 4) is 0 Å². The third-order valence-electron chi connectivity index (χ3n) is 2.59. The van der Waals surface area contributed by atoms with E-state index in [1.54, 1.807) is 5.43 Å². The molecule has 0 saturated heterocycles. The number of primary amides is 1. The smallest absolute Gasteiger partial charge is 0.369 e. The van der Waals surface area contributed by atoms with E-state index in [1.807, 2.05) is 0 Å². The molecule has 10 heteroatoms. The number of carbonyl (C=O) groups is 2. The fourth-order valence-corrected chi connectivity index (χ4v) is 1.84. The van der Waals surface area contributed by atoms with Crippen LogP contribution in [-0.2, 0) is 9.59 Å². The summed E-state index contributed by atoms with van der Waals surface area (Å²) < 4.78 is 38.4. The number of amides is 2. The summed E-state index contributed by atoms with van der Waals surface area (Å²) in [6, 6.07) is 0. The molecule has 0 bridgehead atoms. The molecule has 0 aromatic rings. The Morgan fingerprint density at radius 2 is 2.11 bits per heavy atom. The van der Waals surface area contributed by atoms with Gasteiger partial charge in [0.05, 0.1) is 6.54 Å². The first kappa shape index (κ1) is 14.2. The van der Waals surface area contributed by atoms with Gasteiger partial charge in [-0.05, 0) is 0 Å². The quantitative estimate of drug-likeness (QED) is 0.335. The summed E-state index contributed by atoms with van der Waals surface area (Å²) in [6.45, 7) is -0.426. The van der Waals surface area contributed by atoms with Gasteiger partial charge < -0.3 is 5.73 Å². The van der Waals surface area contributed by atoms with Crippen LogP contribution in [0, 0.1) is 5.41 Å². The van der Waals surface area contributed by atoms with Crippen LogP contribution in [-0.4, -0.2) is 42.3 Å². The van der Waals surface area contributed by atoms with E-state index in [4.69, 9.17) is 11.6 Å². The van der Waals surface area contributed by atoms with Gasteiger partial charge in [-0.2, -0.15) is 18.3 Å². The molecule has 102 valence electrons. The van der Waals surface area contributed by atoms with E-state index in [0.717, 1.165) is 5.01 Å². The van der Waals surface area contributed by atoms with Gasteiger partial charge in [-0.1, -0.05) is 0 Å². The Kier molecular flexibility index (Phi) is 3.51. The summed E-state index contributed by atoms with van der Waals surface area (Å²) in [4.78, 5) is 22.5. The van der Waals surface area contributed by atoms with Crippen molar-refractivity contribution < 1.29 is 22.8 Å². The Bertz CT molecular complexity index is 408. The minimum Gasteiger partial charge on any atom is -0.369 e. The fraction of sp³-hybridized carbons (Fsp3) is 0.625. The van der Waals surface area contributed by atoms with Crippen LogP contribution in [0.25, 0.3) is 0 Å². The lowest BCUT2D eigenvalue weighted by atomic mass is 9.78. The first-order valence-electron chi connectivity index (χ1n) is 4.80. The maximum atomic E-state index is 12.8. The zero-order valence-electron chi connectivity index (χ0n) is 9.41. The number of carbonyl (C=O) groups excluding carboxylic acids is 2. The van der Waals surface area contributed by atoms with Crippen molar-refractivity contribution in [2.45, 2.75) is 12.6 Å². The van der Waals surface area contributed by atoms with Gasteiger partial charge >= 0.3 is 6.18 Å². The maximum absolute atomic E-state index is 12.8. The van der Waals surface area contributed by atoms with Crippen LogP contribution >= 0.6 is 0 Å². The third-order valence-corrected chi connectivity index (χ3v) is 2.59. The summed E-state index contributed by atoms with van der Waals surface area (Å²) in [6.07, 6.45) is -5.66. The van der Waals surface area contributed by atoms with Crippen LogP contribution in [0.4, 0.5) is 13.2 Å². The number of rotatable bonds is 3. The van der Waals surface area contributed by atoms with E-state index in [9.17, 15) is 22.8 Å². The number of nitrogens with two attached hydrogens (primary N) is 2. The van der Waals surface area contributed by atoms with Gasteiger partial charge in [0.2, 0.25) is 11.8 Å². The second-order valence-electron chi connectivity index (χ2n) is 3.95. The number of hydrogen-bond acceptors (Lipinski definition) is 5. The standard InChI is InChI=1S/C8H12F3N5O2/c1-16-3-7(6(12)18,2-4(17)14-13)5(15-16)8(9,10)11/h2-3,13H2,1H3,(H2,12,18)(H,14,17). The van der Waals surface area contributed by atoms with Gasteiger partial charge in [0.1, 0.15) is 5.41 Å². The second kappa shape index (κ2) is 4.44. The van der Waals surface area contributed by atoms with Gasteiger partial charge in [0.15, 0.2) is 5.71 Å². The van der Waals surface area contributed by atoms with Crippen molar-refractivity contribution in [1.29, 1.82) is 0 Å². The van der Waals surface area contributed by atoms with Crippen LogP contribution in [0.1, 0.15) is 6.42 Å². The molecule has 1 atom stereocenters. The first-order chi connectivity index (χ1) is 8.13. The third kappa shape index (κ3) is 2.37. The monoisotopic (exact) mass is 267 g/mol. The molecule has 0 saturated carbocycles. The highest BCUT2D eigenvalue weighted by Crippen LogP contribution is 2.38. The van der Waals surface area contributed by atoms with E-state index in [1.165, 1.54) is 7.05 Å². The lowest BCUT2D eigenvalue weighted by Crippen LogP contribution is -2.53. The molecule has 5 N–H and O–H groups in total. The highest BCUT2D eigenvalue weighted by molar-refractivity contribution is 6.14. The van der Waals surface area contributed by atoms with Gasteiger partial charge in [0.25, 0.3) is 0 Å². The lowest BCUT2D eigenvalue weighted by molar-refractivity contribution is -0.132. The van der Waals surface area contributed by atoms with Gasteiger partial charge in [-0.25, -0.2) is 5.84 Å². The number of halogens is 3. The summed E-state index contributed by atoms with van der Waals surface area (Å²) in [5.41, 5.74) is 3.10. The van der Waals surface area contributed by atoms with Crippen molar-refractivity contribution in [2.75, 3.05) is 13.6 Å². The SMILES string of the molecule is CN1CC(CC(=O)NN)(C(N)=O)C(C(F)(F)F)=N1. The van der Waals surface area contributed by atoms with E-state index in [-0.39, 0.29) is 0 Å². The molecule has 0 fully saturated rings. The molecule has 0 aromatic carbocycles. The highest BCUT2D eigenvalue weighted by Gasteiger charge is 2.58. The average molecular weight is 267 g/mol. The summed E-state index contributed by atoms with van der Waals surface area (Å²) in [7, 11) is 1.25. The highest BCUT2D eigenvalue weighted by atomic mass is 19.4. The predicted molar refractivity (Wildman–Crippen MR) is 54.7 cm³/mol. The Hall–Kier alpha value is -1.84. The minimum atomic E-state index is -4.85. The normalized spacial score (nSPS) is 23.8. The Morgan fingerprint density at radius 3 is 2.50 bits per heavy atom. The van der Waals surface area contributed by atoms with Gasteiger partial charge in [0, 0.05) is 13.5 Å². The average Bonchev–Trinajstić information content (AvgIpc) is 2.56. The number of alkyl halides is 3. The Morgan fingerprint density at radius 1 is 1.56 bits per heavy atom. The van der Waals surface area contributed by atoms with Gasteiger partial charge in [-0.15, -0.1) is 0 Å². The van der Waals surface area contributed by atoms with E-state index in [0.29, 0.717) is 0 Å². The van der Waals surface area contributed by atoms with Crippen LogP contribution in [0.15, 0.2) is 5.10 Å². The van der Waals surface area contributed by atoms with Crippen molar-refractivity contribution >= 4 is 17.5 Å². The van der Waals surface area contributed by atoms with E-state index >= 15 is 0 Å². The predicted octanol–water partition coefficient (Wildman–Crippen LogP) is -1.30. The van der Waals surface area contributed by atoms with E-state index < -0.39 is 42.1 Å². The molecule has 7 nitrogen and oxygen atoms in total. The molecule has 0 aromatic heterocycles. The zero-order chi connectivity index (χ0) is 14.1. The number of hydrogen-bond donors (Lipinski definition) is 3. The largest absolute Gasteiger partial charge is 0.432 e. The van der Waals surface area contributed by atoms with Crippen LogP contribution in [0.3, 0.4) is 0 Å². The van der Waals surface area contributed by atoms with Crippen LogP contribution < -0.4 is 17.0 Å². The summed E-state index contributed by atoms with van der Waals surface area (Å²) in [5.74, 6) is 2.61. The molecule has 1 heterocycles. The summed E-state index contributed by atoms with van der Waals surface area (Å²) in [5, 5.41) is 4.14. The fourth-order valence-electron chi connectivity index (χ4n) is 1.84. The maximum Gasteiger partial charge on any atom is 0.432 e. The number of nitrogens with one attached hydrogen (secondary N) is 1. The molecule has 2 amide bonds. The Labute approximate surface area is 99.9 Å². The molecule has 1 aliphatic rings. The molecule has 1 unspecified atom stereocenters. The Balaban J connectivity index is 3.23. The number of nitrogens with zero attached hydrogens (tertiary/aromatic N) is 2. The molecule has 0 radical (unpaired) electrons. The molecule has 1 aliphatic heterocycles. The first-order valence-corrected chi connectivity index (χ1v) is 4.80. The van der Waals surface area contributed by atoms with Crippen LogP contribution in [0.2, 0.25) is 0 Å². The molecular formula is C8H12F3N5O2. The molecular weight excluding hydrogens is 255 g/mol. The van der Waals surface area contributed by atoms with E-state index in [2.05, 4.69) is 5.10 Å². The van der Waals surface area contributed by atoms with Crippen LogP contribution in [0.5, 0.6) is 0 Å². The topological polar surface area (TPSA) is 114 Å². The molecule has 0 aliphatic carbocycles. The molecule has 1 rings (SSSR count).